The Labute approximate surface area is 120 Å². The van der Waals surface area contributed by atoms with Crippen LogP contribution in [0.1, 0.15) is 17.3 Å². The molecule has 106 valence electrons. The molecule has 0 aliphatic heterocycles. The molecule has 6 heteroatoms. The minimum Gasteiger partial charge on any atom is -0.384 e. The lowest BCUT2D eigenvalue weighted by Crippen LogP contribution is -2.36. The molecule has 1 aromatic heterocycles. The van der Waals surface area contributed by atoms with E-state index in [0.717, 1.165) is 5.39 Å². The third-order valence-electron chi connectivity index (χ3n) is 2.84. The first-order valence-corrected chi connectivity index (χ1v) is 7.96. The standard InChI is InChI=1S/C14H17N3O2S/c1-9(8-20(2)19)16-14(18)11-7-13(15)17-12-6-4-3-5-10(11)12/h3-7,9H,8H2,1-2H3,(H2,15,17)(H,16,18). The molecule has 0 spiro atoms. The van der Waals surface area contributed by atoms with Crippen LogP contribution < -0.4 is 11.1 Å². The van der Waals surface area contributed by atoms with Crippen LogP contribution >= 0.6 is 0 Å². The molecule has 2 aromatic rings. The monoisotopic (exact) mass is 291 g/mol. The van der Waals surface area contributed by atoms with Crippen molar-refractivity contribution in [3.05, 3.63) is 35.9 Å². The summed E-state index contributed by atoms with van der Waals surface area (Å²) < 4.78 is 11.2. The van der Waals surface area contributed by atoms with Crippen LogP contribution in [-0.4, -0.2) is 33.2 Å². The van der Waals surface area contributed by atoms with Crippen molar-refractivity contribution in [2.75, 3.05) is 17.7 Å². The smallest absolute Gasteiger partial charge is 0.252 e. The second-order valence-corrected chi connectivity index (χ2v) is 6.21. The van der Waals surface area contributed by atoms with Crippen LogP contribution in [0.2, 0.25) is 0 Å². The Morgan fingerprint density at radius 3 is 2.85 bits per heavy atom. The summed E-state index contributed by atoms with van der Waals surface area (Å²) >= 11 is 0. The van der Waals surface area contributed by atoms with Gasteiger partial charge in [-0.3, -0.25) is 9.00 Å². The van der Waals surface area contributed by atoms with E-state index in [0.29, 0.717) is 22.7 Å². The minimum absolute atomic E-state index is 0.165. The molecule has 0 saturated carbocycles. The number of anilines is 1. The highest BCUT2D eigenvalue weighted by Crippen LogP contribution is 2.19. The van der Waals surface area contributed by atoms with Gasteiger partial charge in [0.1, 0.15) is 5.82 Å². The van der Waals surface area contributed by atoms with Crippen LogP contribution in [0, 0.1) is 0 Å². The topological polar surface area (TPSA) is 85.1 Å². The van der Waals surface area contributed by atoms with Gasteiger partial charge in [-0.1, -0.05) is 18.2 Å². The number of carbonyl (C=O) groups is 1. The molecule has 2 atom stereocenters. The van der Waals surface area contributed by atoms with Gasteiger partial charge in [0.05, 0.1) is 11.1 Å². The highest BCUT2D eigenvalue weighted by Gasteiger charge is 2.15. The zero-order chi connectivity index (χ0) is 14.7. The molecule has 0 radical (unpaired) electrons. The Bertz CT molecular complexity index is 673. The molecule has 2 rings (SSSR count). The number of benzene rings is 1. The highest BCUT2D eigenvalue weighted by molar-refractivity contribution is 7.84. The molecule has 20 heavy (non-hydrogen) atoms. The zero-order valence-corrected chi connectivity index (χ0v) is 12.2. The van der Waals surface area contributed by atoms with E-state index in [9.17, 15) is 9.00 Å². The van der Waals surface area contributed by atoms with E-state index in [1.807, 2.05) is 31.2 Å². The Balaban J connectivity index is 2.32. The number of carbonyl (C=O) groups excluding carboxylic acids is 1. The maximum atomic E-state index is 12.3. The summed E-state index contributed by atoms with van der Waals surface area (Å²) in [6.45, 7) is 1.83. The molecular formula is C14H17N3O2S. The Kier molecular flexibility index (Phi) is 4.34. The number of fused-ring (bicyclic) bond motifs is 1. The van der Waals surface area contributed by atoms with Crippen LogP contribution in [0.25, 0.3) is 10.9 Å². The summed E-state index contributed by atoms with van der Waals surface area (Å²) in [6.07, 6.45) is 1.61. The fraction of sp³-hybridized carbons (Fsp3) is 0.286. The van der Waals surface area contributed by atoms with E-state index in [1.165, 1.54) is 0 Å². The van der Waals surface area contributed by atoms with Crippen molar-refractivity contribution in [2.45, 2.75) is 13.0 Å². The largest absolute Gasteiger partial charge is 0.384 e. The predicted molar refractivity (Wildman–Crippen MR) is 82.0 cm³/mol. The van der Waals surface area contributed by atoms with Crippen molar-refractivity contribution >= 4 is 33.4 Å². The van der Waals surface area contributed by atoms with Gasteiger partial charge in [0.25, 0.3) is 5.91 Å². The number of nitrogen functional groups attached to an aromatic ring is 1. The van der Waals surface area contributed by atoms with Crippen molar-refractivity contribution in [2.24, 2.45) is 0 Å². The minimum atomic E-state index is -0.952. The molecule has 0 bridgehead atoms. The van der Waals surface area contributed by atoms with Gasteiger partial charge in [-0.15, -0.1) is 0 Å². The van der Waals surface area contributed by atoms with Gasteiger partial charge in [-0.2, -0.15) is 0 Å². The molecule has 3 N–H and O–H groups in total. The number of hydrogen-bond acceptors (Lipinski definition) is 4. The lowest BCUT2D eigenvalue weighted by atomic mass is 10.1. The first kappa shape index (κ1) is 14.5. The first-order valence-electron chi connectivity index (χ1n) is 6.23. The van der Waals surface area contributed by atoms with Gasteiger partial charge >= 0.3 is 0 Å². The van der Waals surface area contributed by atoms with Crippen molar-refractivity contribution in [1.29, 1.82) is 0 Å². The highest BCUT2D eigenvalue weighted by atomic mass is 32.2. The quantitative estimate of drug-likeness (QED) is 0.889. The van der Waals surface area contributed by atoms with Crippen LogP contribution in [0.15, 0.2) is 30.3 Å². The van der Waals surface area contributed by atoms with Crippen molar-refractivity contribution < 1.29 is 9.00 Å². The molecule has 0 saturated heterocycles. The number of nitrogens with one attached hydrogen (secondary N) is 1. The average Bonchev–Trinajstić information content (AvgIpc) is 2.36. The second kappa shape index (κ2) is 6.00. The van der Waals surface area contributed by atoms with Crippen molar-refractivity contribution in [1.82, 2.24) is 10.3 Å². The van der Waals surface area contributed by atoms with Gasteiger partial charge < -0.3 is 11.1 Å². The van der Waals surface area contributed by atoms with Crippen LogP contribution in [0.5, 0.6) is 0 Å². The molecule has 0 aliphatic carbocycles. The fourth-order valence-electron chi connectivity index (χ4n) is 2.08. The molecule has 5 nitrogen and oxygen atoms in total. The Morgan fingerprint density at radius 1 is 1.45 bits per heavy atom. The summed E-state index contributed by atoms with van der Waals surface area (Å²) in [6, 6.07) is 8.74. The number of amides is 1. The number of nitrogens with two attached hydrogens (primary N) is 1. The van der Waals surface area contributed by atoms with Gasteiger partial charge in [-0.25, -0.2) is 4.98 Å². The number of rotatable bonds is 4. The lowest BCUT2D eigenvalue weighted by Gasteiger charge is -2.14. The number of hydrogen-bond donors (Lipinski definition) is 2. The molecule has 2 unspecified atom stereocenters. The molecule has 0 aliphatic rings. The lowest BCUT2D eigenvalue weighted by molar-refractivity contribution is 0.0945. The Hall–Kier alpha value is -1.95. The van der Waals surface area contributed by atoms with E-state index < -0.39 is 10.8 Å². The van der Waals surface area contributed by atoms with Gasteiger partial charge in [0, 0.05) is 34.2 Å². The summed E-state index contributed by atoms with van der Waals surface area (Å²) in [4.78, 5) is 16.5. The fourth-order valence-corrected chi connectivity index (χ4v) is 2.87. The number of nitrogens with zero attached hydrogens (tertiary/aromatic N) is 1. The number of aromatic nitrogens is 1. The van der Waals surface area contributed by atoms with E-state index in [2.05, 4.69) is 10.3 Å². The molecular weight excluding hydrogens is 274 g/mol. The first-order chi connectivity index (χ1) is 9.47. The van der Waals surface area contributed by atoms with E-state index in [1.54, 1.807) is 12.3 Å². The number of pyridine rings is 1. The predicted octanol–water partition coefficient (Wildman–Crippen LogP) is 1.31. The van der Waals surface area contributed by atoms with Crippen molar-refractivity contribution in [3.8, 4) is 0 Å². The summed E-state index contributed by atoms with van der Waals surface area (Å²) in [7, 11) is -0.952. The van der Waals surface area contributed by atoms with Crippen molar-refractivity contribution in [3.63, 3.8) is 0 Å². The van der Waals surface area contributed by atoms with Gasteiger partial charge in [-0.05, 0) is 19.1 Å². The maximum absolute atomic E-state index is 12.3. The maximum Gasteiger partial charge on any atom is 0.252 e. The van der Waals surface area contributed by atoms with Crippen LogP contribution in [-0.2, 0) is 10.8 Å². The third kappa shape index (κ3) is 3.33. The molecule has 1 amide bonds. The van der Waals surface area contributed by atoms with Crippen LogP contribution in [0.3, 0.4) is 0 Å². The molecule has 0 fully saturated rings. The van der Waals surface area contributed by atoms with E-state index in [-0.39, 0.29) is 11.9 Å². The van der Waals surface area contributed by atoms with E-state index in [4.69, 9.17) is 5.73 Å². The number of para-hydroxylation sites is 1. The third-order valence-corrected chi connectivity index (χ3v) is 3.81. The summed E-state index contributed by atoms with van der Waals surface area (Å²) in [5, 5.41) is 3.59. The van der Waals surface area contributed by atoms with Gasteiger partial charge in [0.2, 0.25) is 0 Å². The van der Waals surface area contributed by atoms with Crippen LogP contribution in [0.4, 0.5) is 5.82 Å². The second-order valence-electron chi connectivity index (χ2n) is 4.73. The SMILES string of the molecule is CC(CS(C)=O)NC(=O)c1cc(N)nc2ccccc12. The Morgan fingerprint density at radius 2 is 2.15 bits per heavy atom. The molecule has 1 heterocycles. The average molecular weight is 291 g/mol. The van der Waals surface area contributed by atoms with Gasteiger partial charge in [0.15, 0.2) is 0 Å². The molecule has 1 aromatic carbocycles. The zero-order valence-electron chi connectivity index (χ0n) is 11.4. The summed E-state index contributed by atoms with van der Waals surface area (Å²) in [5.41, 5.74) is 6.91. The normalized spacial score (nSPS) is 13.9. The summed E-state index contributed by atoms with van der Waals surface area (Å²) in [5.74, 6) is 0.498. The van der Waals surface area contributed by atoms with E-state index >= 15 is 0 Å².